The van der Waals surface area contributed by atoms with Crippen molar-refractivity contribution in [1.29, 1.82) is 0 Å². The maximum atomic E-state index is 12.7. The van der Waals surface area contributed by atoms with Crippen LogP contribution in [0.1, 0.15) is 51.6 Å². The SMILES string of the molecule is CCN(C(=O)C(C)Sc1nccc(C(F)(F)F)n1)C1CCCCC1. The summed E-state index contributed by atoms with van der Waals surface area (Å²) >= 11 is 0.976. The molecule has 4 nitrogen and oxygen atoms in total. The summed E-state index contributed by atoms with van der Waals surface area (Å²) in [6, 6.07) is 1.07. The minimum absolute atomic E-state index is 0.0228. The zero-order chi connectivity index (χ0) is 17.7. The van der Waals surface area contributed by atoms with Gasteiger partial charge in [-0.2, -0.15) is 13.2 Å². The Hall–Kier alpha value is -1.31. The van der Waals surface area contributed by atoms with Gasteiger partial charge in [0.25, 0.3) is 0 Å². The van der Waals surface area contributed by atoms with Crippen LogP contribution in [0.3, 0.4) is 0 Å². The van der Waals surface area contributed by atoms with Crippen molar-refractivity contribution in [2.75, 3.05) is 6.54 Å². The lowest BCUT2D eigenvalue weighted by molar-refractivity contribution is -0.141. The maximum Gasteiger partial charge on any atom is 0.433 e. The number of carbonyl (C=O) groups excluding carboxylic acids is 1. The van der Waals surface area contributed by atoms with Gasteiger partial charge in [-0.15, -0.1) is 0 Å². The second-order valence-corrected chi connectivity index (χ2v) is 7.21. The van der Waals surface area contributed by atoms with Crippen LogP contribution in [0.5, 0.6) is 0 Å². The summed E-state index contributed by atoms with van der Waals surface area (Å²) in [6.07, 6.45) is 2.00. The highest BCUT2D eigenvalue weighted by Crippen LogP contribution is 2.30. The molecule has 1 aliphatic carbocycles. The normalized spacial score (nSPS) is 17.5. The second-order valence-electron chi connectivity index (χ2n) is 5.90. The smallest absolute Gasteiger partial charge is 0.339 e. The van der Waals surface area contributed by atoms with Gasteiger partial charge < -0.3 is 4.90 Å². The van der Waals surface area contributed by atoms with E-state index in [1.165, 1.54) is 6.42 Å². The molecule has 1 aromatic rings. The molecule has 0 saturated heterocycles. The van der Waals surface area contributed by atoms with Crippen molar-refractivity contribution in [3.8, 4) is 0 Å². The zero-order valence-electron chi connectivity index (χ0n) is 13.8. The first kappa shape index (κ1) is 19.0. The van der Waals surface area contributed by atoms with E-state index in [-0.39, 0.29) is 17.1 Å². The Balaban J connectivity index is 2.05. The molecule has 1 aliphatic rings. The molecule has 1 saturated carbocycles. The molecule has 8 heteroatoms. The standard InChI is InChI=1S/C16H22F3N3OS/c1-3-22(12-7-5-4-6-8-12)14(23)11(2)24-15-20-10-9-13(21-15)16(17,18)19/h9-12H,3-8H2,1-2H3. The third kappa shape index (κ3) is 4.84. The molecular formula is C16H22F3N3OS. The fourth-order valence-electron chi connectivity index (χ4n) is 2.98. The van der Waals surface area contributed by atoms with E-state index in [4.69, 9.17) is 0 Å². The van der Waals surface area contributed by atoms with E-state index < -0.39 is 17.1 Å². The number of hydrogen-bond acceptors (Lipinski definition) is 4. The first-order chi connectivity index (χ1) is 11.3. The molecule has 0 N–H and O–H groups in total. The van der Waals surface area contributed by atoms with Gasteiger partial charge in [0, 0.05) is 18.8 Å². The first-order valence-electron chi connectivity index (χ1n) is 8.20. The van der Waals surface area contributed by atoms with Crippen LogP contribution >= 0.6 is 11.8 Å². The van der Waals surface area contributed by atoms with Crippen molar-refractivity contribution in [3.63, 3.8) is 0 Å². The summed E-state index contributed by atoms with van der Waals surface area (Å²) in [5, 5.41) is -0.541. The number of carbonyl (C=O) groups is 1. The molecule has 0 spiro atoms. The van der Waals surface area contributed by atoms with Gasteiger partial charge in [0.2, 0.25) is 5.91 Å². The van der Waals surface area contributed by atoms with Gasteiger partial charge in [0.15, 0.2) is 5.16 Å². The lowest BCUT2D eigenvalue weighted by Gasteiger charge is -2.35. The van der Waals surface area contributed by atoms with E-state index in [0.717, 1.165) is 49.7 Å². The Kier molecular flexibility index (Phi) is 6.48. The predicted molar refractivity (Wildman–Crippen MR) is 86.6 cm³/mol. The van der Waals surface area contributed by atoms with Crippen LogP contribution in [-0.2, 0) is 11.0 Å². The van der Waals surface area contributed by atoms with Gasteiger partial charge >= 0.3 is 6.18 Å². The lowest BCUT2D eigenvalue weighted by atomic mass is 9.94. The third-order valence-corrected chi connectivity index (χ3v) is 5.16. The number of aromatic nitrogens is 2. The second kappa shape index (κ2) is 8.18. The molecule has 1 amide bonds. The van der Waals surface area contributed by atoms with Crippen LogP contribution in [-0.4, -0.2) is 38.6 Å². The number of halogens is 3. The lowest BCUT2D eigenvalue weighted by Crippen LogP contribution is -2.44. The predicted octanol–water partition coefficient (Wildman–Crippen LogP) is 4.16. The van der Waals surface area contributed by atoms with Crippen molar-refractivity contribution in [3.05, 3.63) is 18.0 Å². The summed E-state index contributed by atoms with van der Waals surface area (Å²) in [5.74, 6) is -0.0598. The van der Waals surface area contributed by atoms with E-state index in [1.807, 2.05) is 11.8 Å². The molecule has 0 radical (unpaired) electrons. The van der Waals surface area contributed by atoms with Gasteiger partial charge in [0.05, 0.1) is 5.25 Å². The molecule has 1 atom stereocenters. The average Bonchev–Trinajstić information content (AvgIpc) is 2.56. The minimum Gasteiger partial charge on any atom is -0.339 e. The number of rotatable bonds is 5. The van der Waals surface area contributed by atoms with E-state index in [2.05, 4.69) is 9.97 Å². The van der Waals surface area contributed by atoms with Gasteiger partial charge in [-0.3, -0.25) is 4.79 Å². The monoisotopic (exact) mass is 361 g/mol. The van der Waals surface area contributed by atoms with Gasteiger partial charge in [-0.1, -0.05) is 31.0 Å². The molecule has 24 heavy (non-hydrogen) atoms. The maximum absolute atomic E-state index is 12.7. The number of thioether (sulfide) groups is 1. The van der Waals surface area contributed by atoms with Crippen LogP contribution in [0, 0.1) is 0 Å². The third-order valence-electron chi connectivity index (χ3n) is 4.19. The van der Waals surface area contributed by atoms with Crippen LogP contribution in [0.2, 0.25) is 0 Å². The summed E-state index contributed by atoms with van der Waals surface area (Å²) in [7, 11) is 0. The van der Waals surface area contributed by atoms with Crippen molar-refractivity contribution in [2.24, 2.45) is 0 Å². The first-order valence-corrected chi connectivity index (χ1v) is 9.08. The highest BCUT2D eigenvalue weighted by Gasteiger charge is 2.33. The Morgan fingerprint density at radius 3 is 2.62 bits per heavy atom. The molecular weight excluding hydrogens is 339 g/mol. The molecule has 1 aromatic heterocycles. The van der Waals surface area contributed by atoms with Crippen LogP contribution < -0.4 is 0 Å². The molecule has 2 rings (SSSR count). The zero-order valence-corrected chi connectivity index (χ0v) is 14.7. The fraction of sp³-hybridized carbons (Fsp3) is 0.688. The highest BCUT2D eigenvalue weighted by atomic mass is 32.2. The summed E-state index contributed by atoms with van der Waals surface area (Å²) < 4.78 is 38.1. The van der Waals surface area contributed by atoms with Crippen molar-refractivity contribution >= 4 is 17.7 Å². The summed E-state index contributed by atoms with van der Waals surface area (Å²) in [4.78, 5) is 21.9. The number of amides is 1. The van der Waals surface area contributed by atoms with Crippen molar-refractivity contribution in [1.82, 2.24) is 14.9 Å². The molecule has 1 heterocycles. The van der Waals surface area contributed by atoms with Crippen LogP contribution in [0.25, 0.3) is 0 Å². The average molecular weight is 361 g/mol. The number of hydrogen-bond donors (Lipinski definition) is 0. The molecule has 0 aromatic carbocycles. The van der Waals surface area contributed by atoms with Gasteiger partial charge in [-0.25, -0.2) is 9.97 Å². The van der Waals surface area contributed by atoms with Crippen LogP contribution in [0.15, 0.2) is 17.4 Å². The fourth-order valence-corrected chi connectivity index (χ4v) is 3.81. The van der Waals surface area contributed by atoms with Gasteiger partial charge in [-0.05, 0) is 32.8 Å². The van der Waals surface area contributed by atoms with Crippen molar-refractivity contribution < 1.29 is 18.0 Å². The molecule has 134 valence electrons. The Morgan fingerprint density at radius 1 is 1.38 bits per heavy atom. The number of alkyl halides is 3. The quantitative estimate of drug-likeness (QED) is 0.584. The highest BCUT2D eigenvalue weighted by molar-refractivity contribution is 8.00. The molecule has 0 bridgehead atoms. The molecule has 0 aliphatic heterocycles. The Bertz CT molecular complexity index is 562. The van der Waals surface area contributed by atoms with Crippen LogP contribution in [0.4, 0.5) is 13.2 Å². The summed E-state index contributed by atoms with van der Waals surface area (Å²) in [6.45, 7) is 4.24. The van der Waals surface area contributed by atoms with Crippen molar-refractivity contribution in [2.45, 2.75) is 68.6 Å². The van der Waals surface area contributed by atoms with E-state index in [0.29, 0.717) is 6.54 Å². The Morgan fingerprint density at radius 2 is 2.04 bits per heavy atom. The minimum atomic E-state index is -4.51. The van der Waals surface area contributed by atoms with E-state index in [1.54, 1.807) is 6.92 Å². The van der Waals surface area contributed by atoms with Gasteiger partial charge in [0.1, 0.15) is 5.69 Å². The summed E-state index contributed by atoms with van der Waals surface area (Å²) in [5.41, 5.74) is -0.987. The Labute approximate surface area is 144 Å². The largest absolute Gasteiger partial charge is 0.433 e. The molecule has 1 fully saturated rings. The van der Waals surface area contributed by atoms with E-state index >= 15 is 0 Å². The topological polar surface area (TPSA) is 46.1 Å². The van der Waals surface area contributed by atoms with E-state index in [9.17, 15) is 18.0 Å². The number of nitrogens with zero attached hydrogens (tertiary/aromatic N) is 3. The molecule has 1 unspecified atom stereocenters.